The number of carboxylic acids is 1. The SMILES string of the molecule is C=CC[C@H](NC1OC(c2ccccc2)O1)C(=O)N1CCC[C@H]1C(=O)O. The summed E-state index contributed by atoms with van der Waals surface area (Å²) in [4.78, 5) is 25.4. The first-order valence-corrected chi connectivity index (χ1v) is 8.36. The van der Waals surface area contributed by atoms with Crippen LogP contribution in [0.2, 0.25) is 0 Å². The molecule has 0 bridgehead atoms. The Balaban J connectivity index is 1.58. The van der Waals surface area contributed by atoms with E-state index in [4.69, 9.17) is 9.47 Å². The molecule has 134 valence electrons. The van der Waals surface area contributed by atoms with Crippen LogP contribution in [0.25, 0.3) is 0 Å². The number of amides is 1. The van der Waals surface area contributed by atoms with Crippen molar-refractivity contribution < 1.29 is 24.2 Å². The second-order valence-corrected chi connectivity index (χ2v) is 6.12. The molecule has 7 heteroatoms. The van der Waals surface area contributed by atoms with E-state index in [1.165, 1.54) is 4.90 Å². The molecule has 25 heavy (non-hydrogen) atoms. The molecule has 0 aromatic heterocycles. The number of ether oxygens (including phenoxy) is 2. The number of aliphatic carboxylic acids is 1. The number of carbonyl (C=O) groups excluding carboxylic acids is 1. The lowest BCUT2D eigenvalue weighted by molar-refractivity contribution is -0.402. The molecule has 2 aliphatic heterocycles. The minimum absolute atomic E-state index is 0.264. The molecule has 0 saturated carbocycles. The number of hydrogen-bond acceptors (Lipinski definition) is 5. The quantitative estimate of drug-likeness (QED) is 0.730. The van der Waals surface area contributed by atoms with Gasteiger partial charge in [-0.15, -0.1) is 6.58 Å². The van der Waals surface area contributed by atoms with Gasteiger partial charge >= 0.3 is 5.97 Å². The van der Waals surface area contributed by atoms with Crippen LogP contribution in [0.15, 0.2) is 43.0 Å². The molecule has 3 rings (SSSR count). The van der Waals surface area contributed by atoms with Gasteiger partial charge in [-0.2, -0.15) is 0 Å². The van der Waals surface area contributed by atoms with Crippen LogP contribution in [-0.2, 0) is 19.1 Å². The monoisotopic (exact) mass is 346 g/mol. The highest BCUT2D eigenvalue weighted by Crippen LogP contribution is 2.30. The van der Waals surface area contributed by atoms with Gasteiger partial charge in [0.2, 0.25) is 12.3 Å². The summed E-state index contributed by atoms with van der Waals surface area (Å²) in [6.07, 6.45) is 1.99. The molecule has 2 N–H and O–H groups in total. The van der Waals surface area contributed by atoms with Crippen LogP contribution in [0.4, 0.5) is 0 Å². The number of likely N-dealkylation sites (tertiary alicyclic amines) is 1. The summed E-state index contributed by atoms with van der Waals surface area (Å²) in [6, 6.07) is 8.11. The van der Waals surface area contributed by atoms with Crippen molar-refractivity contribution in [1.29, 1.82) is 0 Å². The van der Waals surface area contributed by atoms with Gasteiger partial charge in [0.15, 0.2) is 6.29 Å². The summed E-state index contributed by atoms with van der Waals surface area (Å²) >= 11 is 0. The minimum atomic E-state index is -0.969. The fourth-order valence-electron chi connectivity index (χ4n) is 3.14. The molecule has 0 unspecified atom stereocenters. The normalized spacial score (nSPS) is 26.7. The lowest BCUT2D eigenvalue weighted by Crippen LogP contribution is -2.56. The molecule has 7 nitrogen and oxygen atoms in total. The van der Waals surface area contributed by atoms with Gasteiger partial charge in [0, 0.05) is 12.1 Å². The number of nitrogens with one attached hydrogen (secondary N) is 1. The molecule has 2 saturated heterocycles. The van der Waals surface area contributed by atoms with Crippen molar-refractivity contribution >= 4 is 11.9 Å². The summed E-state index contributed by atoms with van der Waals surface area (Å²) < 4.78 is 11.3. The maximum Gasteiger partial charge on any atom is 0.326 e. The smallest absolute Gasteiger partial charge is 0.326 e. The molecule has 2 atom stereocenters. The number of carboxylic acid groups (broad SMARTS) is 1. The van der Waals surface area contributed by atoms with E-state index in [9.17, 15) is 14.7 Å². The van der Waals surface area contributed by atoms with Crippen LogP contribution >= 0.6 is 0 Å². The van der Waals surface area contributed by atoms with E-state index in [0.717, 1.165) is 5.56 Å². The van der Waals surface area contributed by atoms with Gasteiger partial charge in [0.05, 0.1) is 6.04 Å². The zero-order chi connectivity index (χ0) is 17.8. The third-order valence-corrected chi connectivity index (χ3v) is 4.42. The van der Waals surface area contributed by atoms with Crippen molar-refractivity contribution in [2.75, 3.05) is 6.54 Å². The maximum absolute atomic E-state index is 12.7. The topological polar surface area (TPSA) is 88.1 Å². The van der Waals surface area contributed by atoms with E-state index in [1.807, 2.05) is 30.3 Å². The van der Waals surface area contributed by atoms with Crippen molar-refractivity contribution in [1.82, 2.24) is 10.2 Å². The van der Waals surface area contributed by atoms with Crippen molar-refractivity contribution in [2.24, 2.45) is 0 Å². The Labute approximate surface area is 146 Å². The first kappa shape index (κ1) is 17.6. The number of carbonyl (C=O) groups is 2. The second kappa shape index (κ2) is 7.77. The van der Waals surface area contributed by atoms with E-state index in [-0.39, 0.29) is 5.91 Å². The Bertz CT molecular complexity index is 630. The first-order chi connectivity index (χ1) is 12.1. The summed E-state index contributed by atoms with van der Waals surface area (Å²) in [5, 5.41) is 12.3. The number of benzene rings is 1. The average Bonchev–Trinajstić information content (AvgIpc) is 3.06. The lowest BCUT2D eigenvalue weighted by atomic mass is 10.1. The maximum atomic E-state index is 12.7. The van der Waals surface area contributed by atoms with E-state index in [0.29, 0.717) is 25.8 Å². The van der Waals surface area contributed by atoms with Gasteiger partial charge in [-0.25, -0.2) is 4.79 Å². The third-order valence-electron chi connectivity index (χ3n) is 4.42. The standard InChI is InChI=1S/C18H22N2O5/c1-2-7-13(15(21)20-11-6-10-14(20)16(22)23)19-18-24-17(25-18)12-8-4-3-5-9-12/h2-5,8-9,13-14,17-19H,1,6-7,10-11H2,(H,22,23)/t13-,14-,17?,18?/m0/s1. The van der Waals surface area contributed by atoms with Crippen LogP contribution in [0.1, 0.15) is 31.1 Å². The fourth-order valence-corrected chi connectivity index (χ4v) is 3.14. The molecule has 1 aromatic rings. The summed E-state index contributed by atoms with van der Waals surface area (Å²) in [6.45, 7) is 4.12. The molecule has 1 amide bonds. The van der Waals surface area contributed by atoms with E-state index >= 15 is 0 Å². The van der Waals surface area contributed by atoms with Crippen molar-refractivity contribution in [2.45, 2.75) is 44.1 Å². The van der Waals surface area contributed by atoms with Gasteiger partial charge in [-0.1, -0.05) is 36.4 Å². The van der Waals surface area contributed by atoms with E-state index in [1.54, 1.807) is 6.08 Å². The molecular formula is C18H22N2O5. The Morgan fingerprint density at radius 1 is 1.36 bits per heavy atom. The Kier molecular flexibility index (Phi) is 5.47. The largest absolute Gasteiger partial charge is 0.480 e. The van der Waals surface area contributed by atoms with Crippen LogP contribution in [0.3, 0.4) is 0 Å². The average molecular weight is 346 g/mol. The number of rotatable bonds is 7. The molecule has 2 fully saturated rings. The highest BCUT2D eigenvalue weighted by Gasteiger charge is 2.40. The van der Waals surface area contributed by atoms with Gasteiger partial charge < -0.3 is 19.5 Å². The number of nitrogens with zero attached hydrogens (tertiary/aromatic N) is 1. The van der Waals surface area contributed by atoms with E-state index in [2.05, 4.69) is 11.9 Å². The van der Waals surface area contributed by atoms with Gasteiger partial charge in [0.1, 0.15) is 6.04 Å². The van der Waals surface area contributed by atoms with Crippen molar-refractivity contribution in [3.63, 3.8) is 0 Å². The molecule has 0 radical (unpaired) electrons. The third kappa shape index (κ3) is 3.89. The highest BCUT2D eigenvalue weighted by molar-refractivity contribution is 5.87. The molecule has 2 aliphatic rings. The Hall–Kier alpha value is -2.22. The summed E-state index contributed by atoms with van der Waals surface area (Å²) in [5.41, 5.74) is 0.901. The summed E-state index contributed by atoms with van der Waals surface area (Å²) in [7, 11) is 0. The zero-order valence-electron chi connectivity index (χ0n) is 13.8. The Morgan fingerprint density at radius 3 is 2.72 bits per heavy atom. The molecule has 2 heterocycles. The van der Waals surface area contributed by atoms with E-state index < -0.39 is 30.8 Å². The van der Waals surface area contributed by atoms with Crippen LogP contribution < -0.4 is 5.32 Å². The second-order valence-electron chi connectivity index (χ2n) is 6.12. The molecule has 1 aromatic carbocycles. The molecule has 0 aliphatic carbocycles. The lowest BCUT2D eigenvalue weighted by Gasteiger charge is -2.39. The summed E-state index contributed by atoms with van der Waals surface area (Å²) in [5.74, 6) is -1.23. The van der Waals surface area contributed by atoms with Gasteiger partial charge in [-0.3, -0.25) is 10.1 Å². The van der Waals surface area contributed by atoms with Gasteiger partial charge in [-0.05, 0) is 19.3 Å². The van der Waals surface area contributed by atoms with Crippen molar-refractivity contribution in [3.05, 3.63) is 48.6 Å². The van der Waals surface area contributed by atoms with Crippen LogP contribution in [0.5, 0.6) is 0 Å². The van der Waals surface area contributed by atoms with Crippen molar-refractivity contribution in [3.8, 4) is 0 Å². The minimum Gasteiger partial charge on any atom is -0.480 e. The predicted octanol–water partition coefficient (Wildman–Crippen LogP) is 1.63. The highest BCUT2D eigenvalue weighted by atomic mass is 16.9. The van der Waals surface area contributed by atoms with Crippen LogP contribution in [0, 0.1) is 0 Å². The van der Waals surface area contributed by atoms with Gasteiger partial charge in [0.25, 0.3) is 0 Å². The number of hydrogen-bond donors (Lipinski definition) is 2. The predicted molar refractivity (Wildman–Crippen MR) is 89.2 cm³/mol. The first-order valence-electron chi connectivity index (χ1n) is 8.36. The zero-order valence-corrected chi connectivity index (χ0v) is 13.8. The fraction of sp³-hybridized carbons (Fsp3) is 0.444. The Morgan fingerprint density at radius 2 is 2.08 bits per heavy atom. The molecule has 0 spiro atoms. The molecular weight excluding hydrogens is 324 g/mol. The van der Waals surface area contributed by atoms with Crippen LogP contribution in [-0.4, -0.2) is 46.9 Å².